The van der Waals surface area contributed by atoms with Crippen molar-refractivity contribution in [3.05, 3.63) is 0 Å². The minimum absolute atomic E-state index is 0.109. The first-order chi connectivity index (χ1) is 8.13. The van der Waals surface area contributed by atoms with Gasteiger partial charge < -0.3 is 15.3 Å². The van der Waals surface area contributed by atoms with Gasteiger partial charge in [0.2, 0.25) is 0 Å². The molecular weight excluding hydrogens is 212 g/mol. The fraction of sp³-hybridized carbons (Fsp3) is 1.00. The van der Waals surface area contributed by atoms with Crippen molar-refractivity contribution >= 4 is 0 Å². The molecule has 0 amide bonds. The molecule has 1 rings (SSSR count). The lowest BCUT2D eigenvalue weighted by Gasteiger charge is -2.35. The van der Waals surface area contributed by atoms with Crippen LogP contribution in [-0.4, -0.2) is 48.3 Å². The van der Waals surface area contributed by atoms with E-state index >= 15 is 0 Å². The molecule has 3 nitrogen and oxygen atoms in total. The third kappa shape index (κ3) is 4.94. The number of rotatable bonds is 9. The average molecular weight is 242 g/mol. The largest absolute Gasteiger partial charge is 0.394 e. The van der Waals surface area contributed by atoms with Crippen molar-refractivity contribution < 1.29 is 5.11 Å². The number of hydrogen-bond acceptors (Lipinski definition) is 3. The molecule has 0 aromatic carbocycles. The second kappa shape index (κ2) is 7.34. The second-order valence-corrected chi connectivity index (χ2v) is 5.69. The van der Waals surface area contributed by atoms with Crippen LogP contribution in [0.5, 0.6) is 0 Å². The monoisotopic (exact) mass is 242 g/mol. The number of hydrogen-bond donors (Lipinski definition) is 2. The number of likely N-dealkylation sites (N-methyl/N-ethyl adjacent to an activating group) is 1. The molecule has 1 fully saturated rings. The zero-order valence-corrected chi connectivity index (χ0v) is 11.8. The second-order valence-electron chi connectivity index (χ2n) is 5.69. The lowest BCUT2D eigenvalue weighted by atomic mass is 9.85. The first-order valence-corrected chi connectivity index (χ1v) is 7.21. The summed E-state index contributed by atoms with van der Waals surface area (Å²) < 4.78 is 0. The molecule has 3 heteroatoms. The Hall–Kier alpha value is -0.120. The van der Waals surface area contributed by atoms with Crippen molar-refractivity contribution in [2.75, 3.05) is 32.8 Å². The molecule has 0 aliphatic heterocycles. The Labute approximate surface area is 107 Å². The molecule has 0 aromatic rings. The number of aliphatic hydroxyl groups is 1. The van der Waals surface area contributed by atoms with Gasteiger partial charge >= 0.3 is 0 Å². The zero-order valence-electron chi connectivity index (χ0n) is 11.8. The van der Waals surface area contributed by atoms with E-state index < -0.39 is 0 Å². The number of aliphatic hydroxyl groups excluding tert-OH is 1. The summed E-state index contributed by atoms with van der Waals surface area (Å²) in [5, 5.41) is 12.9. The lowest BCUT2D eigenvalue weighted by molar-refractivity contribution is 0.131. The van der Waals surface area contributed by atoms with Crippen LogP contribution >= 0.6 is 0 Å². The van der Waals surface area contributed by atoms with E-state index in [0.29, 0.717) is 0 Å². The van der Waals surface area contributed by atoms with Crippen molar-refractivity contribution in [3.63, 3.8) is 0 Å². The van der Waals surface area contributed by atoms with Crippen molar-refractivity contribution in [2.24, 2.45) is 5.92 Å². The van der Waals surface area contributed by atoms with Crippen LogP contribution in [0.15, 0.2) is 0 Å². The summed E-state index contributed by atoms with van der Waals surface area (Å²) in [6.07, 6.45) is 5.29. The molecule has 1 aliphatic rings. The van der Waals surface area contributed by atoms with E-state index in [4.69, 9.17) is 0 Å². The van der Waals surface area contributed by atoms with E-state index in [0.717, 1.165) is 32.0 Å². The molecule has 17 heavy (non-hydrogen) atoms. The van der Waals surface area contributed by atoms with Crippen LogP contribution < -0.4 is 5.32 Å². The molecule has 0 radical (unpaired) electrons. The van der Waals surface area contributed by atoms with E-state index in [1.807, 2.05) is 0 Å². The summed E-state index contributed by atoms with van der Waals surface area (Å²) in [4.78, 5) is 2.54. The van der Waals surface area contributed by atoms with E-state index in [2.05, 4.69) is 31.0 Å². The first kappa shape index (κ1) is 14.9. The lowest BCUT2D eigenvalue weighted by Crippen LogP contribution is -2.48. The van der Waals surface area contributed by atoms with Gasteiger partial charge in [-0.3, -0.25) is 0 Å². The quantitative estimate of drug-likeness (QED) is 0.648. The number of nitrogens with zero attached hydrogens (tertiary/aromatic N) is 1. The maximum atomic E-state index is 9.46. The van der Waals surface area contributed by atoms with Crippen LogP contribution in [0.25, 0.3) is 0 Å². The van der Waals surface area contributed by atoms with Gasteiger partial charge in [0, 0.05) is 12.1 Å². The highest BCUT2D eigenvalue weighted by Crippen LogP contribution is 2.27. The van der Waals surface area contributed by atoms with Gasteiger partial charge in [0.05, 0.1) is 6.61 Å². The molecule has 0 heterocycles. The van der Waals surface area contributed by atoms with E-state index in [-0.39, 0.29) is 12.1 Å². The van der Waals surface area contributed by atoms with Gasteiger partial charge in [-0.1, -0.05) is 20.3 Å². The van der Waals surface area contributed by atoms with E-state index in [1.165, 1.54) is 25.8 Å². The molecule has 0 bridgehead atoms. The molecule has 1 atom stereocenters. The SMILES string of the molecule is CCNC(C)(CO)CCN(CC)CC1CCC1. The Kier molecular flexibility index (Phi) is 6.45. The highest BCUT2D eigenvalue weighted by atomic mass is 16.3. The van der Waals surface area contributed by atoms with Crippen molar-refractivity contribution in [1.82, 2.24) is 10.2 Å². The summed E-state index contributed by atoms with van der Waals surface area (Å²) in [5.74, 6) is 0.939. The first-order valence-electron chi connectivity index (χ1n) is 7.21. The van der Waals surface area contributed by atoms with Gasteiger partial charge in [-0.2, -0.15) is 0 Å². The molecule has 0 saturated heterocycles. The Morgan fingerprint density at radius 3 is 2.47 bits per heavy atom. The smallest absolute Gasteiger partial charge is 0.0611 e. The van der Waals surface area contributed by atoms with Crippen molar-refractivity contribution in [2.45, 2.75) is 52.0 Å². The molecule has 102 valence electrons. The molecule has 0 spiro atoms. The van der Waals surface area contributed by atoms with Gasteiger partial charge in [-0.15, -0.1) is 0 Å². The summed E-state index contributed by atoms with van der Waals surface area (Å²) in [6, 6.07) is 0. The fourth-order valence-corrected chi connectivity index (χ4v) is 2.47. The summed E-state index contributed by atoms with van der Waals surface area (Å²) in [7, 11) is 0. The number of nitrogens with one attached hydrogen (secondary N) is 1. The third-order valence-corrected chi connectivity index (χ3v) is 4.12. The van der Waals surface area contributed by atoms with Crippen LogP contribution in [0.2, 0.25) is 0 Å². The fourth-order valence-electron chi connectivity index (χ4n) is 2.47. The van der Waals surface area contributed by atoms with Crippen LogP contribution in [0.1, 0.15) is 46.5 Å². The van der Waals surface area contributed by atoms with Crippen LogP contribution in [-0.2, 0) is 0 Å². The van der Waals surface area contributed by atoms with Crippen LogP contribution in [0, 0.1) is 5.92 Å². The van der Waals surface area contributed by atoms with Crippen LogP contribution in [0.3, 0.4) is 0 Å². The Morgan fingerprint density at radius 1 is 1.35 bits per heavy atom. The summed E-state index contributed by atoms with van der Waals surface area (Å²) in [5.41, 5.74) is -0.109. The highest BCUT2D eigenvalue weighted by molar-refractivity contribution is 4.83. The van der Waals surface area contributed by atoms with Gasteiger partial charge in [0.25, 0.3) is 0 Å². The highest BCUT2D eigenvalue weighted by Gasteiger charge is 2.24. The molecule has 2 N–H and O–H groups in total. The molecule has 0 aromatic heterocycles. The Bertz CT molecular complexity index is 206. The summed E-state index contributed by atoms with van der Waals surface area (Å²) >= 11 is 0. The van der Waals surface area contributed by atoms with Gasteiger partial charge in [-0.05, 0) is 51.7 Å². The standard InChI is InChI=1S/C14H30N2O/c1-4-15-14(3,12-17)9-10-16(5-2)11-13-7-6-8-13/h13,15,17H,4-12H2,1-3H3. The minimum Gasteiger partial charge on any atom is -0.394 e. The Morgan fingerprint density at radius 2 is 2.06 bits per heavy atom. The van der Waals surface area contributed by atoms with E-state index in [9.17, 15) is 5.11 Å². The molecular formula is C14H30N2O. The Balaban J connectivity index is 2.28. The van der Waals surface area contributed by atoms with Gasteiger partial charge in [-0.25, -0.2) is 0 Å². The van der Waals surface area contributed by atoms with Crippen LogP contribution in [0.4, 0.5) is 0 Å². The molecule has 1 unspecified atom stereocenters. The van der Waals surface area contributed by atoms with E-state index in [1.54, 1.807) is 0 Å². The maximum Gasteiger partial charge on any atom is 0.0611 e. The average Bonchev–Trinajstić information content (AvgIpc) is 2.27. The van der Waals surface area contributed by atoms with Gasteiger partial charge in [0.15, 0.2) is 0 Å². The normalized spacial score (nSPS) is 20.3. The predicted molar refractivity (Wildman–Crippen MR) is 73.2 cm³/mol. The third-order valence-electron chi connectivity index (χ3n) is 4.12. The van der Waals surface area contributed by atoms with Crippen molar-refractivity contribution in [1.29, 1.82) is 0 Å². The topological polar surface area (TPSA) is 35.5 Å². The zero-order chi connectivity index (χ0) is 12.7. The summed E-state index contributed by atoms with van der Waals surface area (Å²) in [6.45, 7) is 11.1. The predicted octanol–water partition coefficient (Wildman–Crippen LogP) is 1.86. The van der Waals surface area contributed by atoms with Gasteiger partial charge in [0.1, 0.15) is 0 Å². The molecule has 1 saturated carbocycles. The minimum atomic E-state index is -0.109. The molecule has 1 aliphatic carbocycles. The maximum absolute atomic E-state index is 9.46. The van der Waals surface area contributed by atoms with Crippen molar-refractivity contribution in [3.8, 4) is 0 Å².